The van der Waals surface area contributed by atoms with Gasteiger partial charge >= 0.3 is 0 Å². The largest absolute Gasteiger partial charge is 0.497 e. The van der Waals surface area contributed by atoms with E-state index in [0.717, 1.165) is 17.9 Å². The number of methoxy groups -OCH3 is 1. The number of nitrogens with zero attached hydrogens (tertiary/aromatic N) is 1. The molecule has 0 amide bonds. The summed E-state index contributed by atoms with van der Waals surface area (Å²) in [5.74, 6) is 1.73. The molecule has 0 saturated carbocycles. The van der Waals surface area contributed by atoms with E-state index in [1.165, 1.54) is 0 Å². The maximum atomic E-state index is 6.11. The first-order chi connectivity index (χ1) is 11.6. The molecule has 0 aliphatic heterocycles. The van der Waals surface area contributed by atoms with Gasteiger partial charge in [-0.15, -0.1) is 24.0 Å². The van der Waals surface area contributed by atoms with Gasteiger partial charge in [0.25, 0.3) is 0 Å². The fourth-order valence-electron chi connectivity index (χ4n) is 2.06. The van der Waals surface area contributed by atoms with Gasteiger partial charge < -0.3 is 20.5 Å². The number of guanidine groups is 1. The minimum absolute atomic E-state index is 0. The summed E-state index contributed by atoms with van der Waals surface area (Å²) in [6, 6.07) is 14.9. The maximum Gasteiger partial charge on any atom is 0.193 e. The van der Waals surface area contributed by atoms with E-state index in [1.54, 1.807) is 13.2 Å². The van der Waals surface area contributed by atoms with Crippen LogP contribution in [-0.4, -0.2) is 25.7 Å². The van der Waals surface area contributed by atoms with Crippen molar-refractivity contribution in [3.63, 3.8) is 0 Å². The molecule has 5 nitrogen and oxygen atoms in total. The number of hydrogen-bond acceptors (Lipinski definition) is 3. The topological polar surface area (TPSA) is 68.9 Å². The van der Waals surface area contributed by atoms with E-state index in [0.29, 0.717) is 23.3 Å². The van der Waals surface area contributed by atoms with Crippen LogP contribution in [0.2, 0.25) is 5.02 Å². The third-order valence-corrected chi connectivity index (χ3v) is 3.71. The van der Waals surface area contributed by atoms with E-state index in [1.807, 2.05) is 49.4 Å². The Morgan fingerprint density at radius 1 is 1.24 bits per heavy atom. The number of nitrogens with two attached hydrogens (primary N) is 1. The molecular formula is C18H23ClIN3O2. The molecule has 0 fully saturated rings. The molecule has 0 aromatic heterocycles. The van der Waals surface area contributed by atoms with Gasteiger partial charge in [-0.25, -0.2) is 4.99 Å². The molecule has 0 saturated heterocycles. The van der Waals surface area contributed by atoms with Gasteiger partial charge in [-0.05, 0) is 30.7 Å². The molecule has 0 spiro atoms. The Labute approximate surface area is 170 Å². The van der Waals surface area contributed by atoms with Gasteiger partial charge in [0.2, 0.25) is 0 Å². The first-order valence-electron chi connectivity index (χ1n) is 7.74. The molecule has 2 aromatic carbocycles. The highest BCUT2D eigenvalue weighted by atomic mass is 127. The van der Waals surface area contributed by atoms with Crippen LogP contribution in [0.5, 0.6) is 11.5 Å². The summed E-state index contributed by atoms with van der Waals surface area (Å²) < 4.78 is 11.1. The molecular weight excluding hydrogens is 453 g/mol. The summed E-state index contributed by atoms with van der Waals surface area (Å²) >= 11 is 6.11. The van der Waals surface area contributed by atoms with Crippen LogP contribution in [0.1, 0.15) is 13.3 Å². The van der Waals surface area contributed by atoms with Gasteiger partial charge in [0.05, 0.1) is 18.7 Å². The van der Waals surface area contributed by atoms with E-state index in [2.05, 4.69) is 10.3 Å². The van der Waals surface area contributed by atoms with Crippen molar-refractivity contribution in [2.75, 3.05) is 19.0 Å². The lowest BCUT2D eigenvalue weighted by atomic mass is 10.2. The molecule has 0 heterocycles. The highest BCUT2D eigenvalue weighted by molar-refractivity contribution is 14.0. The molecule has 1 atom stereocenters. The van der Waals surface area contributed by atoms with Crippen molar-refractivity contribution in [1.82, 2.24) is 0 Å². The van der Waals surface area contributed by atoms with Gasteiger partial charge in [0, 0.05) is 11.8 Å². The standard InChI is InChI=1S/C18H22ClN3O2.HI/c1-3-14(24-17-10-5-4-9-16(17)19)12-21-18(20)22-13-7-6-8-15(11-13)23-2;/h4-11,14H,3,12H2,1-2H3,(H3,20,21,22);1H. The molecule has 3 N–H and O–H groups in total. The number of rotatable bonds is 7. The van der Waals surface area contributed by atoms with Gasteiger partial charge in [0.1, 0.15) is 17.6 Å². The minimum Gasteiger partial charge on any atom is -0.497 e. The predicted molar refractivity (Wildman–Crippen MR) is 115 cm³/mol. The van der Waals surface area contributed by atoms with Crippen LogP contribution in [0.3, 0.4) is 0 Å². The average Bonchev–Trinajstić information content (AvgIpc) is 2.60. The Hall–Kier alpha value is -1.67. The molecule has 25 heavy (non-hydrogen) atoms. The van der Waals surface area contributed by atoms with Crippen molar-refractivity contribution < 1.29 is 9.47 Å². The summed E-state index contributed by atoms with van der Waals surface area (Å²) in [5, 5.41) is 3.62. The van der Waals surface area contributed by atoms with Crippen LogP contribution in [0, 0.1) is 0 Å². The van der Waals surface area contributed by atoms with Crippen molar-refractivity contribution >= 4 is 47.2 Å². The third kappa shape index (κ3) is 6.99. The van der Waals surface area contributed by atoms with E-state index in [4.69, 9.17) is 26.8 Å². The van der Waals surface area contributed by atoms with E-state index in [-0.39, 0.29) is 30.1 Å². The van der Waals surface area contributed by atoms with Crippen molar-refractivity contribution in [1.29, 1.82) is 0 Å². The SMILES string of the molecule is CCC(CN=C(N)Nc1cccc(OC)c1)Oc1ccccc1Cl.I. The zero-order valence-corrected chi connectivity index (χ0v) is 17.3. The lowest BCUT2D eigenvalue weighted by molar-refractivity contribution is 0.206. The number of nitrogens with one attached hydrogen (secondary N) is 1. The smallest absolute Gasteiger partial charge is 0.193 e. The molecule has 136 valence electrons. The van der Waals surface area contributed by atoms with E-state index in [9.17, 15) is 0 Å². The lowest BCUT2D eigenvalue weighted by Gasteiger charge is -2.17. The lowest BCUT2D eigenvalue weighted by Crippen LogP contribution is -2.26. The Morgan fingerprint density at radius 2 is 2.00 bits per heavy atom. The van der Waals surface area contributed by atoms with E-state index >= 15 is 0 Å². The normalized spacial score (nSPS) is 12.0. The Morgan fingerprint density at radius 3 is 2.68 bits per heavy atom. The average molecular weight is 476 g/mol. The van der Waals surface area contributed by atoms with Crippen LogP contribution >= 0.6 is 35.6 Å². The molecule has 0 aliphatic carbocycles. The Bertz CT molecular complexity index is 698. The summed E-state index contributed by atoms with van der Waals surface area (Å²) in [7, 11) is 1.62. The van der Waals surface area contributed by atoms with E-state index < -0.39 is 0 Å². The van der Waals surface area contributed by atoms with Crippen molar-refractivity contribution in [2.45, 2.75) is 19.4 Å². The Kier molecular flexibility index (Phi) is 9.44. The molecule has 0 radical (unpaired) electrons. The number of aliphatic imine (C=N–C) groups is 1. The summed E-state index contributed by atoms with van der Waals surface area (Å²) in [6.07, 6.45) is 0.691. The fraction of sp³-hybridized carbons (Fsp3) is 0.278. The van der Waals surface area contributed by atoms with Crippen LogP contribution in [-0.2, 0) is 0 Å². The second-order valence-corrected chi connectivity index (χ2v) is 5.57. The highest BCUT2D eigenvalue weighted by Gasteiger charge is 2.10. The van der Waals surface area contributed by atoms with Crippen LogP contribution in [0.4, 0.5) is 5.69 Å². The third-order valence-electron chi connectivity index (χ3n) is 3.39. The first-order valence-corrected chi connectivity index (χ1v) is 8.12. The zero-order chi connectivity index (χ0) is 17.4. The monoisotopic (exact) mass is 475 g/mol. The number of halogens is 2. The predicted octanol–water partition coefficient (Wildman–Crippen LogP) is 4.55. The second-order valence-electron chi connectivity index (χ2n) is 5.16. The minimum atomic E-state index is -0.101. The van der Waals surface area contributed by atoms with Crippen LogP contribution in [0.15, 0.2) is 53.5 Å². The van der Waals surface area contributed by atoms with Crippen molar-refractivity contribution in [3.05, 3.63) is 53.6 Å². The van der Waals surface area contributed by atoms with Gasteiger partial charge in [-0.1, -0.05) is 36.7 Å². The number of anilines is 1. The first kappa shape index (κ1) is 21.4. The fourth-order valence-corrected chi connectivity index (χ4v) is 2.24. The highest BCUT2D eigenvalue weighted by Crippen LogP contribution is 2.24. The summed E-state index contributed by atoms with van der Waals surface area (Å²) in [4.78, 5) is 4.35. The molecule has 1 unspecified atom stereocenters. The molecule has 7 heteroatoms. The number of para-hydroxylation sites is 1. The van der Waals surface area contributed by atoms with Crippen molar-refractivity contribution in [3.8, 4) is 11.5 Å². The van der Waals surface area contributed by atoms with Crippen molar-refractivity contribution in [2.24, 2.45) is 10.7 Å². The number of ether oxygens (including phenoxy) is 2. The van der Waals surface area contributed by atoms with Crippen LogP contribution in [0.25, 0.3) is 0 Å². The maximum absolute atomic E-state index is 6.11. The summed E-state index contributed by atoms with van der Waals surface area (Å²) in [6.45, 7) is 2.47. The number of benzene rings is 2. The Balaban J connectivity index is 0.00000312. The summed E-state index contributed by atoms with van der Waals surface area (Å²) in [5.41, 5.74) is 6.76. The van der Waals surface area contributed by atoms with Gasteiger partial charge in [0.15, 0.2) is 5.96 Å². The number of hydrogen-bond donors (Lipinski definition) is 2. The van der Waals surface area contributed by atoms with Gasteiger partial charge in [-0.2, -0.15) is 0 Å². The molecule has 2 aromatic rings. The second kappa shape index (κ2) is 11.0. The quantitative estimate of drug-likeness (QED) is 0.350. The molecule has 2 rings (SSSR count). The molecule has 0 aliphatic rings. The molecule has 0 bridgehead atoms. The van der Waals surface area contributed by atoms with Gasteiger partial charge in [-0.3, -0.25) is 0 Å². The van der Waals surface area contributed by atoms with Crippen LogP contribution < -0.4 is 20.5 Å². The zero-order valence-electron chi connectivity index (χ0n) is 14.2.